The molecule has 0 radical (unpaired) electrons. The number of hydrogen-bond donors (Lipinski definition) is 1. The highest BCUT2D eigenvalue weighted by Gasteiger charge is 2.17. The van der Waals surface area contributed by atoms with Crippen LogP contribution in [0.15, 0.2) is 18.5 Å². The van der Waals surface area contributed by atoms with Crippen molar-refractivity contribution < 1.29 is 9.90 Å². The topological polar surface area (TPSA) is 53.4 Å². The van der Waals surface area contributed by atoms with Crippen LogP contribution < -0.4 is 0 Å². The van der Waals surface area contributed by atoms with Gasteiger partial charge in [0.25, 0.3) is 5.91 Å². The molecular weight excluding hydrogens is 272 g/mol. The zero-order chi connectivity index (χ0) is 12.0. The molecule has 0 unspecified atom stereocenters. The second-order valence-corrected chi connectivity index (χ2v) is 4.17. The number of alkyl halides is 1. The second-order valence-electron chi connectivity index (χ2n) is 3.37. The molecule has 1 aromatic heterocycles. The minimum Gasteiger partial charge on any atom is -0.505 e. The fraction of sp³-hybridized carbons (Fsp3) is 0.455. The van der Waals surface area contributed by atoms with Crippen LogP contribution in [0.4, 0.5) is 0 Å². The predicted molar refractivity (Wildman–Crippen MR) is 65.9 cm³/mol. The van der Waals surface area contributed by atoms with Crippen molar-refractivity contribution in [1.82, 2.24) is 9.88 Å². The Labute approximate surface area is 103 Å². The standard InChI is InChI=1S/C11H15BrN2O2/c1-2-6-14(7-4-12)11(16)9-3-5-13-8-10(9)15/h3,5,8,15H,2,4,6-7H2,1H3. The number of aromatic hydroxyl groups is 1. The van der Waals surface area contributed by atoms with Crippen LogP contribution >= 0.6 is 15.9 Å². The summed E-state index contributed by atoms with van der Waals surface area (Å²) in [6.07, 6.45) is 3.68. The van der Waals surface area contributed by atoms with E-state index < -0.39 is 0 Å². The summed E-state index contributed by atoms with van der Waals surface area (Å²) in [6, 6.07) is 1.54. The molecule has 1 aromatic rings. The number of halogens is 1. The Balaban J connectivity index is 2.85. The van der Waals surface area contributed by atoms with Gasteiger partial charge in [-0.1, -0.05) is 22.9 Å². The van der Waals surface area contributed by atoms with Crippen LogP contribution in [-0.4, -0.2) is 39.3 Å². The third kappa shape index (κ3) is 3.20. The molecular formula is C11H15BrN2O2. The average Bonchev–Trinajstić information content (AvgIpc) is 2.28. The molecule has 1 amide bonds. The summed E-state index contributed by atoms with van der Waals surface area (Å²) in [5, 5.41) is 10.3. The van der Waals surface area contributed by atoms with Crippen molar-refractivity contribution in [3.8, 4) is 5.75 Å². The third-order valence-electron chi connectivity index (χ3n) is 2.17. The smallest absolute Gasteiger partial charge is 0.257 e. The van der Waals surface area contributed by atoms with E-state index >= 15 is 0 Å². The average molecular weight is 287 g/mol. The van der Waals surface area contributed by atoms with E-state index in [1.807, 2.05) is 6.92 Å². The molecule has 0 saturated heterocycles. The number of rotatable bonds is 5. The highest BCUT2D eigenvalue weighted by molar-refractivity contribution is 9.09. The molecule has 5 heteroatoms. The van der Waals surface area contributed by atoms with E-state index in [0.29, 0.717) is 18.7 Å². The SMILES string of the molecule is CCCN(CCBr)C(=O)c1ccncc1O. The van der Waals surface area contributed by atoms with Crippen LogP contribution in [0.5, 0.6) is 5.75 Å². The van der Waals surface area contributed by atoms with Crippen molar-refractivity contribution >= 4 is 21.8 Å². The first-order chi connectivity index (χ1) is 7.70. The summed E-state index contributed by atoms with van der Waals surface area (Å²) < 4.78 is 0. The van der Waals surface area contributed by atoms with Gasteiger partial charge in [0, 0.05) is 24.6 Å². The molecule has 1 rings (SSSR count). The molecule has 0 atom stereocenters. The maximum Gasteiger partial charge on any atom is 0.257 e. The van der Waals surface area contributed by atoms with Gasteiger partial charge in [-0.3, -0.25) is 9.78 Å². The summed E-state index contributed by atoms with van der Waals surface area (Å²) in [6.45, 7) is 3.33. The lowest BCUT2D eigenvalue weighted by Crippen LogP contribution is -2.33. The minimum atomic E-state index is -0.152. The molecule has 1 N–H and O–H groups in total. The van der Waals surface area contributed by atoms with Crippen molar-refractivity contribution in [3.63, 3.8) is 0 Å². The Morgan fingerprint density at radius 1 is 1.56 bits per heavy atom. The Hall–Kier alpha value is -1.10. The first-order valence-corrected chi connectivity index (χ1v) is 6.31. The van der Waals surface area contributed by atoms with Gasteiger partial charge in [-0.15, -0.1) is 0 Å². The highest BCUT2D eigenvalue weighted by atomic mass is 79.9. The van der Waals surface area contributed by atoms with Gasteiger partial charge in [0.15, 0.2) is 0 Å². The van der Waals surface area contributed by atoms with Crippen molar-refractivity contribution in [3.05, 3.63) is 24.0 Å². The van der Waals surface area contributed by atoms with Gasteiger partial charge in [0.2, 0.25) is 0 Å². The lowest BCUT2D eigenvalue weighted by molar-refractivity contribution is 0.0763. The molecule has 0 bridgehead atoms. The first kappa shape index (κ1) is 13.0. The fourth-order valence-electron chi connectivity index (χ4n) is 1.42. The van der Waals surface area contributed by atoms with Gasteiger partial charge in [0.1, 0.15) is 5.75 Å². The van der Waals surface area contributed by atoms with Crippen LogP contribution in [0.2, 0.25) is 0 Å². The number of carbonyl (C=O) groups excluding carboxylic acids is 1. The van der Waals surface area contributed by atoms with Crippen LogP contribution in [0.25, 0.3) is 0 Å². The quantitative estimate of drug-likeness (QED) is 0.843. The van der Waals surface area contributed by atoms with E-state index in [1.54, 1.807) is 4.90 Å². The highest BCUT2D eigenvalue weighted by Crippen LogP contribution is 2.16. The molecule has 0 spiro atoms. The summed E-state index contributed by atoms with van der Waals surface area (Å²) in [5.41, 5.74) is 0.310. The zero-order valence-electron chi connectivity index (χ0n) is 9.19. The fourth-order valence-corrected chi connectivity index (χ4v) is 1.85. The largest absolute Gasteiger partial charge is 0.505 e. The lowest BCUT2D eigenvalue weighted by atomic mass is 10.2. The van der Waals surface area contributed by atoms with Crippen molar-refractivity contribution in [1.29, 1.82) is 0 Å². The first-order valence-electron chi connectivity index (χ1n) is 5.19. The molecule has 4 nitrogen and oxygen atoms in total. The number of nitrogens with zero attached hydrogens (tertiary/aromatic N) is 2. The van der Waals surface area contributed by atoms with Crippen LogP contribution in [-0.2, 0) is 0 Å². The van der Waals surface area contributed by atoms with Gasteiger partial charge < -0.3 is 10.0 Å². The Morgan fingerprint density at radius 2 is 2.31 bits per heavy atom. The summed E-state index contributed by atoms with van der Waals surface area (Å²) in [4.78, 5) is 17.5. The van der Waals surface area contributed by atoms with Gasteiger partial charge in [0.05, 0.1) is 11.8 Å². The van der Waals surface area contributed by atoms with Crippen molar-refractivity contribution in [2.24, 2.45) is 0 Å². The monoisotopic (exact) mass is 286 g/mol. The second kappa shape index (κ2) is 6.48. The van der Waals surface area contributed by atoms with E-state index in [2.05, 4.69) is 20.9 Å². The Kier molecular flexibility index (Phi) is 5.25. The molecule has 0 saturated carbocycles. The van der Waals surface area contributed by atoms with E-state index in [9.17, 15) is 9.90 Å². The molecule has 0 aromatic carbocycles. The van der Waals surface area contributed by atoms with Gasteiger partial charge in [-0.05, 0) is 12.5 Å². The number of aromatic nitrogens is 1. The molecule has 0 aliphatic rings. The van der Waals surface area contributed by atoms with Gasteiger partial charge in [-0.2, -0.15) is 0 Å². The van der Waals surface area contributed by atoms with E-state index in [1.165, 1.54) is 18.5 Å². The number of pyridine rings is 1. The number of amides is 1. The molecule has 0 aliphatic carbocycles. The molecule has 0 aliphatic heterocycles. The Bertz CT molecular complexity index is 352. The number of carbonyl (C=O) groups is 1. The van der Waals surface area contributed by atoms with E-state index in [4.69, 9.17) is 0 Å². The summed E-state index contributed by atoms with van der Waals surface area (Å²) in [7, 11) is 0. The van der Waals surface area contributed by atoms with Gasteiger partial charge in [-0.25, -0.2) is 0 Å². The van der Waals surface area contributed by atoms with Crippen LogP contribution in [0, 0.1) is 0 Å². The lowest BCUT2D eigenvalue weighted by Gasteiger charge is -2.21. The zero-order valence-corrected chi connectivity index (χ0v) is 10.8. The third-order valence-corrected chi connectivity index (χ3v) is 2.52. The van der Waals surface area contributed by atoms with Crippen molar-refractivity contribution in [2.75, 3.05) is 18.4 Å². The normalized spacial score (nSPS) is 10.1. The van der Waals surface area contributed by atoms with E-state index in [0.717, 1.165) is 11.8 Å². The molecule has 0 fully saturated rings. The number of hydrogen-bond acceptors (Lipinski definition) is 3. The summed E-state index contributed by atoms with van der Waals surface area (Å²) in [5.74, 6) is -0.218. The molecule has 88 valence electrons. The van der Waals surface area contributed by atoms with Crippen LogP contribution in [0.3, 0.4) is 0 Å². The van der Waals surface area contributed by atoms with E-state index in [-0.39, 0.29) is 11.7 Å². The van der Waals surface area contributed by atoms with Crippen LogP contribution in [0.1, 0.15) is 23.7 Å². The minimum absolute atomic E-state index is 0.0665. The van der Waals surface area contributed by atoms with Gasteiger partial charge >= 0.3 is 0 Å². The maximum absolute atomic E-state index is 12.1. The predicted octanol–water partition coefficient (Wildman–Crippen LogP) is 2.03. The summed E-state index contributed by atoms with van der Waals surface area (Å²) >= 11 is 3.31. The Morgan fingerprint density at radius 3 is 2.88 bits per heavy atom. The molecule has 1 heterocycles. The maximum atomic E-state index is 12.1. The van der Waals surface area contributed by atoms with Crippen molar-refractivity contribution in [2.45, 2.75) is 13.3 Å². The molecule has 16 heavy (non-hydrogen) atoms.